The number of fused-ring (bicyclic) bond motifs is 1. The third-order valence-electron chi connectivity index (χ3n) is 4.65. The average molecular weight is 403 g/mol. The van der Waals surface area contributed by atoms with Gasteiger partial charge in [-0.15, -0.1) is 0 Å². The highest BCUT2D eigenvalue weighted by Gasteiger charge is 2.09. The minimum absolute atomic E-state index is 0.271. The second-order valence-electron chi connectivity index (χ2n) is 7.04. The Hall–Kier alpha value is -3.79. The molecule has 30 heavy (non-hydrogen) atoms. The molecule has 0 bridgehead atoms. The van der Waals surface area contributed by atoms with Crippen molar-refractivity contribution in [2.24, 2.45) is 0 Å². The van der Waals surface area contributed by atoms with E-state index in [2.05, 4.69) is 33.1 Å². The van der Waals surface area contributed by atoms with E-state index in [1.165, 1.54) is 0 Å². The number of aromatic nitrogens is 1. The standard InChI is InChI=1S/C23H25N5O2/c1-15-11-16(2)21-17(12-15)13-18(14-24)22(28-21)25-9-4-10-26-23(29)27-19-5-7-20(30-3)8-6-19/h5-8,11-13H,4,9-10H2,1-3H3,(H,25,28)(H2,26,27,29). The fraction of sp³-hybridized carbons (Fsp3) is 0.261. The number of benzene rings is 2. The molecule has 0 spiro atoms. The zero-order valence-electron chi connectivity index (χ0n) is 17.4. The first-order chi connectivity index (χ1) is 14.5. The number of aryl methyl sites for hydroxylation is 2. The topological polar surface area (TPSA) is 99.1 Å². The molecule has 0 radical (unpaired) electrons. The molecule has 0 saturated carbocycles. The highest BCUT2D eigenvalue weighted by atomic mass is 16.5. The number of urea groups is 1. The smallest absolute Gasteiger partial charge is 0.319 e. The summed E-state index contributed by atoms with van der Waals surface area (Å²) in [7, 11) is 1.60. The Morgan fingerprint density at radius 3 is 2.60 bits per heavy atom. The number of nitrogens with one attached hydrogen (secondary N) is 3. The second-order valence-corrected chi connectivity index (χ2v) is 7.04. The molecule has 154 valence electrons. The van der Waals surface area contributed by atoms with Gasteiger partial charge in [-0.25, -0.2) is 9.78 Å². The summed E-state index contributed by atoms with van der Waals surface area (Å²) in [4.78, 5) is 16.6. The zero-order chi connectivity index (χ0) is 21.5. The third kappa shape index (κ3) is 5.17. The van der Waals surface area contributed by atoms with E-state index in [0.29, 0.717) is 36.6 Å². The predicted molar refractivity (Wildman–Crippen MR) is 119 cm³/mol. The summed E-state index contributed by atoms with van der Waals surface area (Å²) in [6.45, 7) is 5.12. The summed E-state index contributed by atoms with van der Waals surface area (Å²) in [5.74, 6) is 1.30. The first-order valence-electron chi connectivity index (χ1n) is 9.75. The Kier molecular flexibility index (Phi) is 6.71. The molecule has 0 saturated heterocycles. The molecule has 0 unspecified atom stereocenters. The van der Waals surface area contributed by atoms with Crippen molar-refractivity contribution in [3.8, 4) is 11.8 Å². The number of methoxy groups -OCH3 is 1. The Bertz CT molecular complexity index is 1090. The van der Waals surface area contributed by atoms with Crippen molar-refractivity contribution < 1.29 is 9.53 Å². The highest BCUT2D eigenvalue weighted by molar-refractivity contribution is 5.89. The lowest BCUT2D eigenvalue weighted by Crippen LogP contribution is -2.30. The van der Waals surface area contributed by atoms with Gasteiger partial charge in [-0.2, -0.15) is 5.26 Å². The van der Waals surface area contributed by atoms with Crippen molar-refractivity contribution in [3.05, 3.63) is 59.2 Å². The lowest BCUT2D eigenvalue weighted by atomic mass is 10.1. The third-order valence-corrected chi connectivity index (χ3v) is 4.65. The van der Waals surface area contributed by atoms with Gasteiger partial charge in [0.15, 0.2) is 0 Å². The number of hydrogen-bond acceptors (Lipinski definition) is 5. The van der Waals surface area contributed by atoms with E-state index in [9.17, 15) is 10.1 Å². The number of nitrogens with zero attached hydrogens (tertiary/aromatic N) is 2. The molecule has 0 aliphatic rings. The quantitative estimate of drug-likeness (QED) is 0.509. The summed E-state index contributed by atoms with van der Waals surface area (Å²) in [6.07, 6.45) is 0.688. The minimum atomic E-state index is -0.271. The number of rotatable bonds is 7. The van der Waals surface area contributed by atoms with Crippen molar-refractivity contribution in [2.45, 2.75) is 20.3 Å². The molecule has 3 N–H and O–H groups in total. The maximum Gasteiger partial charge on any atom is 0.319 e. The molecule has 7 nitrogen and oxygen atoms in total. The molecule has 7 heteroatoms. The van der Waals surface area contributed by atoms with Crippen LogP contribution in [-0.2, 0) is 0 Å². The Morgan fingerprint density at radius 1 is 1.13 bits per heavy atom. The normalized spacial score (nSPS) is 10.3. The van der Waals surface area contributed by atoms with Crippen molar-refractivity contribution in [2.75, 3.05) is 30.8 Å². The lowest BCUT2D eigenvalue weighted by Gasteiger charge is -2.11. The molecule has 0 fully saturated rings. The molecule has 0 aliphatic carbocycles. The number of carbonyl (C=O) groups excluding carboxylic acids is 1. The van der Waals surface area contributed by atoms with E-state index < -0.39 is 0 Å². The van der Waals surface area contributed by atoms with Crippen LogP contribution in [0.1, 0.15) is 23.1 Å². The van der Waals surface area contributed by atoms with Crippen LogP contribution in [0.15, 0.2) is 42.5 Å². The van der Waals surface area contributed by atoms with Gasteiger partial charge < -0.3 is 20.7 Å². The van der Waals surface area contributed by atoms with E-state index >= 15 is 0 Å². The Labute approximate surface area is 176 Å². The van der Waals surface area contributed by atoms with Gasteiger partial charge >= 0.3 is 6.03 Å². The predicted octanol–water partition coefficient (Wildman–Crippen LogP) is 4.36. The number of pyridine rings is 1. The molecule has 2 aromatic carbocycles. The van der Waals surface area contributed by atoms with Crippen LogP contribution in [-0.4, -0.2) is 31.2 Å². The second kappa shape index (κ2) is 9.61. The van der Waals surface area contributed by atoms with Gasteiger partial charge in [0.25, 0.3) is 0 Å². The van der Waals surface area contributed by atoms with Crippen molar-refractivity contribution in [1.29, 1.82) is 5.26 Å². The van der Waals surface area contributed by atoms with Crippen LogP contribution < -0.4 is 20.7 Å². The maximum absolute atomic E-state index is 12.0. The number of hydrogen-bond donors (Lipinski definition) is 3. The molecule has 1 aromatic heterocycles. The first-order valence-corrected chi connectivity index (χ1v) is 9.75. The van der Waals surface area contributed by atoms with Gasteiger partial charge in [-0.05, 0) is 62.2 Å². The van der Waals surface area contributed by atoms with E-state index in [-0.39, 0.29) is 6.03 Å². The van der Waals surface area contributed by atoms with Crippen LogP contribution in [0.5, 0.6) is 5.75 Å². The lowest BCUT2D eigenvalue weighted by molar-refractivity contribution is 0.252. The molecule has 2 amide bonds. The number of ether oxygens (including phenoxy) is 1. The van der Waals surface area contributed by atoms with Gasteiger partial charge in [0.2, 0.25) is 0 Å². The average Bonchev–Trinajstić information content (AvgIpc) is 2.73. The van der Waals surface area contributed by atoms with E-state index in [4.69, 9.17) is 4.74 Å². The molecule has 0 atom stereocenters. The summed E-state index contributed by atoms with van der Waals surface area (Å²) < 4.78 is 5.09. The SMILES string of the molecule is COc1ccc(NC(=O)NCCCNc2nc3c(C)cc(C)cc3cc2C#N)cc1. The molecular weight excluding hydrogens is 378 g/mol. The van der Waals surface area contributed by atoms with Crippen LogP contribution in [0, 0.1) is 25.2 Å². The summed E-state index contributed by atoms with van der Waals surface area (Å²) >= 11 is 0. The zero-order valence-corrected chi connectivity index (χ0v) is 17.4. The molecular formula is C23H25N5O2. The fourth-order valence-corrected chi connectivity index (χ4v) is 3.22. The molecule has 0 aliphatic heterocycles. The fourth-order valence-electron chi connectivity index (χ4n) is 3.22. The summed E-state index contributed by atoms with van der Waals surface area (Å²) in [6, 6.07) is 15.0. The molecule has 3 rings (SSSR count). The van der Waals surface area contributed by atoms with E-state index in [1.54, 1.807) is 31.4 Å². The summed E-state index contributed by atoms with van der Waals surface area (Å²) in [5.41, 5.74) is 4.31. The monoisotopic (exact) mass is 403 g/mol. The van der Waals surface area contributed by atoms with Gasteiger partial charge in [-0.3, -0.25) is 0 Å². The number of anilines is 2. The maximum atomic E-state index is 12.0. The van der Waals surface area contributed by atoms with Crippen molar-refractivity contribution in [1.82, 2.24) is 10.3 Å². The summed E-state index contributed by atoms with van der Waals surface area (Å²) in [5, 5.41) is 19.2. The Balaban J connectivity index is 1.50. The Morgan fingerprint density at radius 2 is 1.90 bits per heavy atom. The van der Waals surface area contributed by atoms with Crippen LogP contribution in [0.25, 0.3) is 10.9 Å². The molecule has 3 aromatic rings. The van der Waals surface area contributed by atoms with Gasteiger partial charge in [0.1, 0.15) is 17.6 Å². The van der Waals surface area contributed by atoms with E-state index in [1.807, 2.05) is 26.0 Å². The van der Waals surface area contributed by atoms with Crippen LogP contribution in [0.2, 0.25) is 0 Å². The van der Waals surface area contributed by atoms with Gasteiger partial charge in [0.05, 0.1) is 18.2 Å². The first kappa shape index (κ1) is 20.9. The van der Waals surface area contributed by atoms with Gasteiger partial charge in [0, 0.05) is 24.2 Å². The highest BCUT2D eigenvalue weighted by Crippen LogP contribution is 2.24. The van der Waals surface area contributed by atoms with Gasteiger partial charge in [-0.1, -0.05) is 11.6 Å². The van der Waals surface area contributed by atoms with Crippen molar-refractivity contribution in [3.63, 3.8) is 0 Å². The number of carbonyl (C=O) groups is 1. The molecule has 1 heterocycles. The largest absolute Gasteiger partial charge is 0.497 e. The number of nitriles is 1. The van der Waals surface area contributed by atoms with E-state index in [0.717, 1.165) is 27.8 Å². The van der Waals surface area contributed by atoms with Crippen LogP contribution in [0.3, 0.4) is 0 Å². The van der Waals surface area contributed by atoms with Crippen LogP contribution >= 0.6 is 0 Å². The minimum Gasteiger partial charge on any atom is -0.497 e. The van der Waals surface area contributed by atoms with Crippen molar-refractivity contribution >= 4 is 28.4 Å². The van der Waals surface area contributed by atoms with Crippen LogP contribution in [0.4, 0.5) is 16.3 Å². The number of amides is 2.